The molecule has 0 radical (unpaired) electrons. The molecule has 0 bridgehead atoms. The zero-order chi connectivity index (χ0) is 18.7. The molecule has 3 rings (SSSR count). The molecule has 2 heteroatoms. The molecule has 0 aromatic heterocycles. The molecule has 1 atom stereocenters. The first-order valence-corrected chi connectivity index (χ1v) is 9.71. The largest absolute Gasteiger partial charge is 0.207 e. The van der Waals surface area contributed by atoms with Gasteiger partial charge in [0.05, 0.1) is 0 Å². The normalized spacial score (nSPS) is 15.3. The van der Waals surface area contributed by atoms with E-state index in [1.165, 1.54) is 28.8 Å². The van der Waals surface area contributed by atoms with Crippen LogP contribution in [-0.2, 0) is 0 Å². The van der Waals surface area contributed by atoms with Crippen molar-refractivity contribution in [1.82, 2.24) is 0 Å². The molecular weight excluding hydrogens is 327 g/mol. The highest BCUT2D eigenvalue weighted by Crippen LogP contribution is 2.29. The highest BCUT2D eigenvalue weighted by atomic mass is 32.2. The van der Waals surface area contributed by atoms with Crippen molar-refractivity contribution < 1.29 is 4.39 Å². The number of benzene rings is 2. The minimum absolute atomic E-state index is 0.172. The van der Waals surface area contributed by atoms with Gasteiger partial charge in [-0.3, -0.25) is 0 Å². The van der Waals surface area contributed by atoms with Crippen molar-refractivity contribution in [2.45, 2.75) is 51.2 Å². The summed E-state index contributed by atoms with van der Waals surface area (Å²) in [5, 5.41) is 0.485. The Morgan fingerprint density at radius 1 is 0.840 bits per heavy atom. The number of allylic oxidation sites excluding steroid dienone is 3. The van der Waals surface area contributed by atoms with E-state index in [-0.39, 0.29) is 5.82 Å². The molecule has 2 aromatic carbocycles. The smallest absolute Gasteiger partial charge is 0.123 e. The topological polar surface area (TPSA) is 0 Å². The van der Waals surface area contributed by atoms with Gasteiger partial charge >= 0.3 is 0 Å². The maximum Gasteiger partial charge on any atom is 0.123 e. The minimum atomic E-state index is -0.172. The third-order valence-electron chi connectivity index (χ3n) is 3.57. The number of halogens is 1. The Hall–Kier alpha value is -1.80. The van der Waals surface area contributed by atoms with E-state index in [0.29, 0.717) is 5.25 Å². The average Bonchev–Trinajstić information content (AvgIpc) is 2.64. The van der Waals surface area contributed by atoms with Crippen LogP contribution in [0.5, 0.6) is 0 Å². The molecule has 134 valence electrons. The fraction of sp³-hybridized carbons (Fsp3) is 0.304. The van der Waals surface area contributed by atoms with Crippen LogP contribution in [0.2, 0.25) is 0 Å². The van der Waals surface area contributed by atoms with Crippen molar-refractivity contribution in [3.63, 3.8) is 0 Å². The summed E-state index contributed by atoms with van der Waals surface area (Å²) in [6.45, 7) is 10.3. The molecular formula is C23H29FS. The maximum atomic E-state index is 12.7. The summed E-state index contributed by atoms with van der Waals surface area (Å²) < 4.78 is 12.7. The lowest BCUT2D eigenvalue weighted by atomic mass is 10.1. The Morgan fingerprint density at radius 2 is 1.36 bits per heavy atom. The lowest BCUT2D eigenvalue weighted by Gasteiger charge is -2.14. The van der Waals surface area contributed by atoms with Gasteiger partial charge in [0, 0.05) is 10.1 Å². The van der Waals surface area contributed by atoms with Gasteiger partial charge in [0.2, 0.25) is 0 Å². The zero-order valence-corrected chi connectivity index (χ0v) is 16.7. The van der Waals surface area contributed by atoms with Gasteiger partial charge in [0.1, 0.15) is 5.82 Å². The third-order valence-corrected chi connectivity index (χ3v) is 4.76. The minimum Gasteiger partial charge on any atom is -0.207 e. The first-order valence-electron chi connectivity index (χ1n) is 8.83. The summed E-state index contributed by atoms with van der Waals surface area (Å²) >= 11 is 1.78. The molecule has 0 saturated heterocycles. The van der Waals surface area contributed by atoms with Crippen molar-refractivity contribution in [1.29, 1.82) is 0 Å². The SMILES string of the molecule is CC.CC1=CCC(Sc2ccc(F)cc2)C=C1.Cc1ccc(C)cc1. The Morgan fingerprint density at radius 3 is 1.80 bits per heavy atom. The number of aryl methyl sites for hydroxylation is 2. The number of hydrogen-bond donors (Lipinski definition) is 0. The fourth-order valence-electron chi connectivity index (χ4n) is 2.12. The Labute approximate surface area is 156 Å². The zero-order valence-electron chi connectivity index (χ0n) is 15.9. The summed E-state index contributed by atoms with van der Waals surface area (Å²) in [6, 6.07) is 15.2. The molecule has 0 fully saturated rings. The maximum absolute atomic E-state index is 12.7. The van der Waals surface area contributed by atoms with Crippen molar-refractivity contribution in [2.75, 3.05) is 0 Å². The molecule has 2 aromatic rings. The number of hydrogen-bond acceptors (Lipinski definition) is 1. The molecule has 0 N–H and O–H groups in total. The van der Waals surface area contributed by atoms with Gasteiger partial charge in [-0.2, -0.15) is 0 Å². The van der Waals surface area contributed by atoms with E-state index in [9.17, 15) is 4.39 Å². The third kappa shape index (κ3) is 8.74. The molecule has 0 heterocycles. The van der Waals surface area contributed by atoms with E-state index in [1.807, 2.05) is 26.0 Å². The van der Waals surface area contributed by atoms with E-state index in [1.54, 1.807) is 11.8 Å². The van der Waals surface area contributed by atoms with Crippen LogP contribution < -0.4 is 0 Å². The van der Waals surface area contributed by atoms with Crippen molar-refractivity contribution >= 4 is 11.8 Å². The van der Waals surface area contributed by atoms with Gasteiger partial charge in [0.15, 0.2) is 0 Å². The summed E-state index contributed by atoms with van der Waals surface area (Å²) in [7, 11) is 0. The first-order chi connectivity index (χ1) is 12.0. The molecule has 0 aliphatic heterocycles. The standard InChI is InChI=1S/C13H13FS.C8H10.C2H6/c1-10-2-6-12(7-3-10)15-13-8-4-11(14)5-9-13;1-7-3-5-8(2)6-4-7;1-2/h2-6,8-9,12H,7H2,1H3;3-6H,1-2H3;1-2H3. The molecule has 1 aliphatic rings. The Bertz CT molecular complexity index is 645. The molecule has 0 spiro atoms. The van der Waals surface area contributed by atoms with Gasteiger partial charge in [-0.25, -0.2) is 4.39 Å². The van der Waals surface area contributed by atoms with Crippen LogP contribution in [0, 0.1) is 19.7 Å². The predicted octanol–water partition coefficient (Wildman–Crippen LogP) is 7.52. The quantitative estimate of drug-likeness (QED) is 0.536. The second kappa shape index (κ2) is 11.7. The molecule has 0 saturated carbocycles. The van der Waals surface area contributed by atoms with Crippen LogP contribution in [0.3, 0.4) is 0 Å². The Balaban J connectivity index is 0.000000264. The number of rotatable bonds is 2. The molecule has 1 unspecified atom stereocenters. The van der Waals surface area contributed by atoms with Crippen LogP contribution in [0.4, 0.5) is 4.39 Å². The van der Waals surface area contributed by atoms with E-state index in [4.69, 9.17) is 0 Å². The fourth-order valence-corrected chi connectivity index (χ4v) is 3.11. The highest BCUT2D eigenvalue weighted by molar-refractivity contribution is 8.00. The van der Waals surface area contributed by atoms with E-state index >= 15 is 0 Å². The van der Waals surface area contributed by atoms with Gasteiger partial charge in [-0.05, 0) is 51.5 Å². The van der Waals surface area contributed by atoms with E-state index in [2.05, 4.69) is 63.3 Å². The van der Waals surface area contributed by atoms with Crippen molar-refractivity contribution in [3.05, 3.63) is 89.3 Å². The van der Waals surface area contributed by atoms with Crippen LogP contribution in [0.15, 0.2) is 77.2 Å². The lowest BCUT2D eigenvalue weighted by Crippen LogP contribution is -2.00. The number of thioether (sulfide) groups is 1. The second-order valence-corrected chi connectivity index (χ2v) is 7.12. The second-order valence-electron chi connectivity index (χ2n) is 5.81. The van der Waals surface area contributed by atoms with Crippen molar-refractivity contribution in [2.24, 2.45) is 0 Å². The van der Waals surface area contributed by atoms with Gasteiger partial charge < -0.3 is 0 Å². The molecule has 0 nitrogen and oxygen atoms in total. The monoisotopic (exact) mass is 356 g/mol. The molecule has 0 amide bonds. The molecule has 25 heavy (non-hydrogen) atoms. The van der Waals surface area contributed by atoms with Gasteiger partial charge in [-0.15, -0.1) is 11.8 Å². The summed E-state index contributed by atoms with van der Waals surface area (Å²) in [5.74, 6) is -0.172. The van der Waals surface area contributed by atoms with E-state index < -0.39 is 0 Å². The highest BCUT2D eigenvalue weighted by Gasteiger charge is 2.08. The van der Waals surface area contributed by atoms with Gasteiger partial charge in [-0.1, -0.05) is 73.0 Å². The van der Waals surface area contributed by atoms with Gasteiger partial charge in [0.25, 0.3) is 0 Å². The predicted molar refractivity (Wildman–Crippen MR) is 111 cm³/mol. The summed E-state index contributed by atoms with van der Waals surface area (Å²) in [5.41, 5.74) is 3.98. The first kappa shape index (κ1) is 21.2. The van der Waals surface area contributed by atoms with Crippen LogP contribution in [-0.4, -0.2) is 5.25 Å². The van der Waals surface area contributed by atoms with Crippen LogP contribution in [0.1, 0.15) is 38.3 Å². The van der Waals surface area contributed by atoms with Crippen LogP contribution >= 0.6 is 11.8 Å². The average molecular weight is 357 g/mol. The lowest BCUT2D eigenvalue weighted by molar-refractivity contribution is 0.626. The van der Waals surface area contributed by atoms with Crippen molar-refractivity contribution in [3.8, 4) is 0 Å². The molecule has 1 aliphatic carbocycles. The Kier molecular flexibility index (Phi) is 9.94. The van der Waals surface area contributed by atoms with Crippen LogP contribution in [0.25, 0.3) is 0 Å². The summed E-state index contributed by atoms with van der Waals surface area (Å²) in [4.78, 5) is 1.12. The van der Waals surface area contributed by atoms with E-state index in [0.717, 1.165) is 11.3 Å². The summed E-state index contributed by atoms with van der Waals surface area (Å²) in [6.07, 6.45) is 7.65.